The Morgan fingerprint density at radius 1 is 1.12 bits per heavy atom. The van der Waals surface area contributed by atoms with Gasteiger partial charge in [-0.2, -0.15) is 0 Å². The molecular weight excluding hydrogens is 280 g/mol. The van der Waals surface area contributed by atoms with Gasteiger partial charge in [-0.1, -0.05) is 18.2 Å². The van der Waals surface area contributed by atoms with Gasteiger partial charge in [-0.3, -0.25) is 0 Å². The van der Waals surface area contributed by atoms with Gasteiger partial charge in [0, 0.05) is 11.3 Å². The van der Waals surface area contributed by atoms with Crippen LogP contribution in [0.15, 0.2) is 47.1 Å². The molecule has 0 saturated heterocycles. The third kappa shape index (κ3) is 1.78. The van der Waals surface area contributed by atoms with E-state index in [4.69, 9.17) is 5.73 Å². The van der Waals surface area contributed by atoms with E-state index in [0.29, 0.717) is 11.5 Å². The molecule has 0 atom stereocenters. The topological polar surface area (TPSA) is 56.2 Å². The lowest BCUT2D eigenvalue weighted by Gasteiger charge is -1.96. The van der Waals surface area contributed by atoms with Crippen LogP contribution in [-0.2, 0) is 0 Å². The molecule has 0 aliphatic carbocycles. The highest BCUT2D eigenvalue weighted by molar-refractivity contribution is 9.10. The second kappa shape index (κ2) is 3.85. The van der Waals surface area contributed by atoms with Gasteiger partial charge in [-0.05, 0) is 40.2 Å². The van der Waals surface area contributed by atoms with Crippen LogP contribution in [-0.4, -0.2) is 14.6 Å². The zero-order chi connectivity index (χ0) is 11.8. The Morgan fingerprint density at radius 2 is 1.94 bits per heavy atom. The van der Waals surface area contributed by atoms with Crippen molar-refractivity contribution in [2.45, 2.75) is 0 Å². The minimum Gasteiger partial charge on any atom is -0.399 e. The number of hydrogen-bond acceptors (Lipinski definition) is 3. The van der Waals surface area contributed by atoms with Gasteiger partial charge in [0.25, 0.3) is 0 Å². The molecule has 4 nitrogen and oxygen atoms in total. The van der Waals surface area contributed by atoms with Crippen molar-refractivity contribution >= 4 is 27.3 Å². The maximum absolute atomic E-state index is 5.75. The van der Waals surface area contributed by atoms with E-state index in [1.807, 2.05) is 42.5 Å². The van der Waals surface area contributed by atoms with Crippen molar-refractivity contribution in [2.75, 3.05) is 5.73 Å². The summed E-state index contributed by atoms with van der Waals surface area (Å²) in [6.45, 7) is 0. The van der Waals surface area contributed by atoms with Crippen molar-refractivity contribution in [1.29, 1.82) is 0 Å². The zero-order valence-corrected chi connectivity index (χ0v) is 10.4. The zero-order valence-electron chi connectivity index (χ0n) is 8.84. The fourth-order valence-electron chi connectivity index (χ4n) is 1.67. The number of aromatic nitrogens is 3. The molecular formula is C12H9BrN4. The maximum Gasteiger partial charge on any atom is 0.182 e. The quantitative estimate of drug-likeness (QED) is 0.553. The van der Waals surface area contributed by atoms with E-state index in [2.05, 4.69) is 26.0 Å². The Morgan fingerprint density at radius 3 is 2.71 bits per heavy atom. The monoisotopic (exact) mass is 288 g/mol. The minimum atomic E-state index is 0.671. The predicted octanol–water partition coefficient (Wildman–Crippen LogP) is 2.74. The fraction of sp³-hybridized carbons (Fsp3) is 0. The number of fused-ring (bicyclic) bond motifs is 1. The average molecular weight is 289 g/mol. The highest BCUT2D eigenvalue weighted by atomic mass is 79.9. The number of rotatable bonds is 1. The Hall–Kier alpha value is -1.88. The minimum absolute atomic E-state index is 0.671. The van der Waals surface area contributed by atoms with Crippen LogP contribution < -0.4 is 5.73 Å². The van der Waals surface area contributed by atoms with Gasteiger partial charge in [0.15, 0.2) is 11.5 Å². The average Bonchev–Trinajstić information content (AvgIpc) is 2.74. The van der Waals surface area contributed by atoms with Gasteiger partial charge in [0.1, 0.15) is 4.60 Å². The molecule has 5 heteroatoms. The molecule has 2 aromatic heterocycles. The van der Waals surface area contributed by atoms with Crippen molar-refractivity contribution in [3.63, 3.8) is 0 Å². The van der Waals surface area contributed by atoms with E-state index < -0.39 is 0 Å². The molecule has 17 heavy (non-hydrogen) atoms. The summed E-state index contributed by atoms with van der Waals surface area (Å²) in [5.74, 6) is 0.671. The van der Waals surface area contributed by atoms with Gasteiger partial charge in [0.05, 0.1) is 0 Å². The lowest BCUT2D eigenvalue weighted by atomic mass is 10.2. The number of halogens is 1. The van der Waals surface area contributed by atoms with Gasteiger partial charge in [0.2, 0.25) is 0 Å². The lowest BCUT2D eigenvalue weighted by Crippen LogP contribution is -1.89. The molecule has 84 valence electrons. The summed E-state index contributed by atoms with van der Waals surface area (Å²) in [5, 5.41) is 4.43. The highest BCUT2D eigenvalue weighted by Crippen LogP contribution is 2.20. The van der Waals surface area contributed by atoms with Crippen LogP contribution in [0.2, 0.25) is 0 Å². The Kier molecular flexibility index (Phi) is 2.33. The normalized spacial score (nSPS) is 10.9. The molecule has 0 bridgehead atoms. The van der Waals surface area contributed by atoms with E-state index >= 15 is 0 Å². The van der Waals surface area contributed by atoms with Crippen molar-refractivity contribution < 1.29 is 0 Å². The smallest absolute Gasteiger partial charge is 0.182 e. The molecule has 0 spiro atoms. The lowest BCUT2D eigenvalue weighted by molar-refractivity contribution is 0.940. The first kappa shape index (κ1) is 10.3. The Labute approximate surface area is 106 Å². The summed E-state index contributed by atoms with van der Waals surface area (Å²) >= 11 is 3.43. The molecule has 1 aromatic carbocycles. The van der Waals surface area contributed by atoms with E-state index in [1.54, 1.807) is 4.52 Å². The van der Waals surface area contributed by atoms with Crippen LogP contribution in [0.4, 0.5) is 5.69 Å². The van der Waals surface area contributed by atoms with Gasteiger partial charge >= 0.3 is 0 Å². The maximum atomic E-state index is 5.75. The molecule has 0 unspecified atom stereocenters. The second-order valence-electron chi connectivity index (χ2n) is 3.68. The van der Waals surface area contributed by atoms with Gasteiger partial charge < -0.3 is 5.73 Å². The van der Waals surface area contributed by atoms with Crippen LogP contribution in [0, 0.1) is 0 Å². The number of nitrogen functional groups attached to an aromatic ring is 1. The van der Waals surface area contributed by atoms with E-state index in [0.717, 1.165) is 15.8 Å². The van der Waals surface area contributed by atoms with Crippen molar-refractivity contribution in [1.82, 2.24) is 14.6 Å². The molecule has 0 aliphatic heterocycles. The summed E-state index contributed by atoms with van der Waals surface area (Å²) in [6, 6.07) is 13.3. The van der Waals surface area contributed by atoms with E-state index in [-0.39, 0.29) is 0 Å². The van der Waals surface area contributed by atoms with Crippen molar-refractivity contribution in [3.05, 3.63) is 47.1 Å². The van der Waals surface area contributed by atoms with Gasteiger partial charge in [-0.15, -0.1) is 5.10 Å². The summed E-state index contributed by atoms with van der Waals surface area (Å²) in [5.41, 5.74) is 8.18. The fourth-order valence-corrected chi connectivity index (χ4v) is 2.09. The second-order valence-corrected chi connectivity index (χ2v) is 4.49. The van der Waals surface area contributed by atoms with E-state index in [1.165, 1.54) is 0 Å². The summed E-state index contributed by atoms with van der Waals surface area (Å²) < 4.78 is 2.62. The number of nitrogens with two attached hydrogens (primary N) is 1. The van der Waals surface area contributed by atoms with Crippen LogP contribution >= 0.6 is 15.9 Å². The SMILES string of the molecule is Nc1cccc(-c2nc3cccc(Br)n3n2)c1. The van der Waals surface area contributed by atoms with Gasteiger partial charge in [-0.25, -0.2) is 9.50 Å². The molecule has 3 aromatic rings. The number of pyridine rings is 1. The van der Waals surface area contributed by atoms with Crippen molar-refractivity contribution in [3.8, 4) is 11.4 Å². The third-order valence-electron chi connectivity index (χ3n) is 2.46. The molecule has 0 amide bonds. The molecule has 0 saturated carbocycles. The predicted molar refractivity (Wildman–Crippen MR) is 70.5 cm³/mol. The largest absolute Gasteiger partial charge is 0.399 e. The van der Waals surface area contributed by atoms with Crippen LogP contribution in [0.5, 0.6) is 0 Å². The summed E-state index contributed by atoms with van der Waals surface area (Å²) in [6.07, 6.45) is 0. The number of anilines is 1. The third-order valence-corrected chi connectivity index (χ3v) is 3.06. The van der Waals surface area contributed by atoms with E-state index in [9.17, 15) is 0 Å². The first-order chi connectivity index (χ1) is 8.24. The Bertz CT molecular complexity index is 690. The molecule has 2 heterocycles. The van der Waals surface area contributed by atoms with Crippen LogP contribution in [0.1, 0.15) is 0 Å². The molecule has 0 aliphatic rings. The highest BCUT2D eigenvalue weighted by Gasteiger charge is 2.07. The molecule has 2 N–H and O–H groups in total. The standard InChI is InChI=1S/C12H9BrN4/c13-10-5-2-6-11-15-12(16-17(10)11)8-3-1-4-9(14)7-8/h1-7H,14H2. The molecule has 0 fully saturated rings. The molecule has 3 rings (SSSR count). The molecule has 0 radical (unpaired) electrons. The van der Waals surface area contributed by atoms with Crippen molar-refractivity contribution in [2.24, 2.45) is 0 Å². The number of hydrogen-bond donors (Lipinski definition) is 1. The first-order valence-corrected chi connectivity index (χ1v) is 5.90. The van der Waals surface area contributed by atoms with Crippen LogP contribution in [0.3, 0.4) is 0 Å². The summed E-state index contributed by atoms with van der Waals surface area (Å²) in [7, 11) is 0. The van der Waals surface area contributed by atoms with Crippen LogP contribution in [0.25, 0.3) is 17.0 Å². The first-order valence-electron chi connectivity index (χ1n) is 5.11. The number of nitrogens with zero attached hydrogens (tertiary/aromatic N) is 3. The summed E-state index contributed by atoms with van der Waals surface area (Å²) in [4.78, 5) is 4.45. The number of benzene rings is 1. The Balaban J connectivity index is 2.22.